The molecule has 1 saturated heterocycles. The third-order valence-corrected chi connectivity index (χ3v) is 4.76. The molecule has 1 aromatic rings. The molecule has 0 aliphatic carbocycles. The Bertz CT molecular complexity index is 478. The number of hydrogen-bond donors (Lipinski definition) is 0. The number of benzene rings is 1. The topological polar surface area (TPSA) is 18.5 Å². The van der Waals surface area contributed by atoms with Crippen LogP contribution in [-0.4, -0.2) is 18.3 Å². The van der Waals surface area contributed by atoms with Crippen LogP contribution in [-0.2, 0) is 15.7 Å². The average Bonchev–Trinajstić information content (AvgIpc) is 2.57. The molecule has 0 unspecified atom stereocenters. The molecular formula is C16H22BBrO2. The second-order valence-corrected chi connectivity index (χ2v) is 7.29. The van der Waals surface area contributed by atoms with Gasteiger partial charge in [0.15, 0.2) is 0 Å². The summed E-state index contributed by atoms with van der Waals surface area (Å²) in [4.78, 5) is 0. The molecule has 0 N–H and O–H groups in total. The Morgan fingerprint density at radius 3 is 2.10 bits per heavy atom. The zero-order valence-corrected chi connectivity index (χ0v) is 14.3. The lowest BCUT2D eigenvalue weighted by Crippen LogP contribution is -2.41. The predicted molar refractivity (Wildman–Crippen MR) is 87.7 cm³/mol. The van der Waals surface area contributed by atoms with Crippen molar-refractivity contribution in [3.05, 3.63) is 46.4 Å². The lowest BCUT2D eigenvalue weighted by Gasteiger charge is -2.32. The van der Waals surface area contributed by atoms with Crippen molar-refractivity contribution >= 4 is 23.0 Å². The molecule has 20 heavy (non-hydrogen) atoms. The zero-order valence-electron chi connectivity index (χ0n) is 12.7. The first-order chi connectivity index (χ1) is 9.21. The molecule has 1 aromatic carbocycles. The smallest absolute Gasteiger partial charge is 0.400 e. The van der Waals surface area contributed by atoms with Gasteiger partial charge in [-0.25, -0.2) is 0 Å². The SMILES string of the molecule is C=C(CCc1ccc(Br)cc1)B1OC(C)(C)C(C)(C)O1. The Balaban J connectivity index is 1.92. The van der Waals surface area contributed by atoms with E-state index < -0.39 is 0 Å². The van der Waals surface area contributed by atoms with Gasteiger partial charge in [-0.15, -0.1) is 6.58 Å². The fraction of sp³-hybridized carbons (Fsp3) is 0.500. The van der Waals surface area contributed by atoms with Gasteiger partial charge in [0.25, 0.3) is 0 Å². The summed E-state index contributed by atoms with van der Waals surface area (Å²) in [5.41, 5.74) is 1.72. The third kappa shape index (κ3) is 3.36. The van der Waals surface area contributed by atoms with Gasteiger partial charge in [0, 0.05) is 4.47 Å². The van der Waals surface area contributed by atoms with Crippen LogP contribution in [0.25, 0.3) is 0 Å². The van der Waals surface area contributed by atoms with Crippen molar-refractivity contribution in [1.82, 2.24) is 0 Å². The minimum atomic E-state index is -0.296. The zero-order chi connectivity index (χ0) is 15.0. The van der Waals surface area contributed by atoms with Gasteiger partial charge >= 0.3 is 7.12 Å². The molecule has 0 amide bonds. The fourth-order valence-electron chi connectivity index (χ4n) is 2.08. The van der Waals surface area contributed by atoms with E-state index >= 15 is 0 Å². The Kier molecular flexibility index (Phi) is 4.48. The van der Waals surface area contributed by atoms with E-state index in [1.54, 1.807) is 0 Å². The molecule has 0 radical (unpaired) electrons. The first-order valence-electron chi connectivity index (χ1n) is 6.99. The summed E-state index contributed by atoms with van der Waals surface area (Å²) in [5, 5.41) is 0. The first kappa shape index (κ1) is 15.8. The Morgan fingerprint density at radius 1 is 1.10 bits per heavy atom. The highest BCUT2D eigenvalue weighted by atomic mass is 79.9. The van der Waals surface area contributed by atoms with Crippen molar-refractivity contribution in [2.24, 2.45) is 0 Å². The van der Waals surface area contributed by atoms with Gasteiger partial charge in [0.05, 0.1) is 11.2 Å². The fourth-order valence-corrected chi connectivity index (χ4v) is 2.35. The van der Waals surface area contributed by atoms with Gasteiger partial charge in [0.2, 0.25) is 0 Å². The van der Waals surface area contributed by atoms with Crippen molar-refractivity contribution in [2.75, 3.05) is 0 Å². The highest BCUT2D eigenvalue weighted by Crippen LogP contribution is 2.38. The van der Waals surface area contributed by atoms with Gasteiger partial charge in [-0.3, -0.25) is 0 Å². The van der Waals surface area contributed by atoms with Crippen molar-refractivity contribution in [3.8, 4) is 0 Å². The molecule has 0 bridgehead atoms. The van der Waals surface area contributed by atoms with Crippen LogP contribution in [0, 0.1) is 0 Å². The Hall–Kier alpha value is -0.575. The Morgan fingerprint density at radius 2 is 1.60 bits per heavy atom. The summed E-state index contributed by atoms with van der Waals surface area (Å²) >= 11 is 3.45. The van der Waals surface area contributed by atoms with E-state index in [1.165, 1.54) is 5.56 Å². The van der Waals surface area contributed by atoms with Crippen LogP contribution in [0.1, 0.15) is 39.7 Å². The van der Waals surface area contributed by atoms with Crippen LogP contribution >= 0.6 is 15.9 Å². The molecule has 2 rings (SSSR count). The van der Waals surface area contributed by atoms with Crippen LogP contribution in [0.2, 0.25) is 0 Å². The van der Waals surface area contributed by atoms with Crippen molar-refractivity contribution in [1.29, 1.82) is 0 Å². The van der Waals surface area contributed by atoms with Crippen LogP contribution in [0.15, 0.2) is 40.8 Å². The monoisotopic (exact) mass is 336 g/mol. The number of allylic oxidation sites excluding steroid dienone is 1. The van der Waals surface area contributed by atoms with Gasteiger partial charge in [-0.1, -0.05) is 28.1 Å². The summed E-state index contributed by atoms with van der Waals surface area (Å²) in [7, 11) is -0.296. The summed E-state index contributed by atoms with van der Waals surface area (Å²) in [6.07, 6.45) is 1.83. The standard InChI is InChI=1S/C16H22BBrO2/c1-12(6-7-13-8-10-14(18)11-9-13)17-19-15(2,3)16(4,5)20-17/h8-11H,1,6-7H2,2-5H3. The third-order valence-electron chi connectivity index (χ3n) is 4.23. The van der Waals surface area contributed by atoms with Crippen LogP contribution in [0.5, 0.6) is 0 Å². The number of rotatable bonds is 4. The first-order valence-corrected chi connectivity index (χ1v) is 7.78. The number of halogens is 1. The molecule has 2 nitrogen and oxygen atoms in total. The molecule has 4 heteroatoms. The molecule has 1 aliphatic heterocycles. The van der Waals surface area contributed by atoms with Crippen LogP contribution in [0.4, 0.5) is 0 Å². The summed E-state index contributed by atoms with van der Waals surface area (Å²) in [5.74, 6) is 0. The predicted octanol–water partition coefficient (Wildman–Crippen LogP) is 4.57. The van der Waals surface area contributed by atoms with E-state index in [9.17, 15) is 0 Å². The highest BCUT2D eigenvalue weighted by Gasteiger charge is 2.51. The van der Waals surface area contributed by atoms with Crippen LogP contribution < -0.4 is 0 Å². The van der Waals surface area contributed by atoms with Crippen molar-refractivity contribution in [2.45, 2.75) is 51.7 Å². The molecule has 0 atom stereocenters. The molecule has 0 saturated carbocycles. The normalized spacial score (nSPS) is 20.1. The quantitative estimate of drug-likeness (QED) is 0.750. The van der Waals surface area contributed by atoms with E-state index in [1.807, 2.05) is 0 Å². The summed E-state index contributed by atoms with van der Waals surface area (Å²) in [6, 6.07) is 8.38. The largest absolute Gasteiger partial charge is 0.489 e. The number of aryl methyl sites for hydroxylation is 1. The Labute approximate surface area is 130 Å². The second kappa shape index (κ2) is 5.66. The summed E-state index contributed by atoms with van der Waals surface area (Å²) in [6.45, 7) is 12.4. The van der Waals surface area contributed by atoms with Gasteiger partial charge in [-0.2, -0.15) is 0 Å². The molecule has 1 aliphatic rings. The number of hydrogen-bond acceptors (Lipinski definition) is 2. The summed E-state index contributed by atoms with van der Waals surface area (Å²) < 4.78 is 13.1. The molecule has 108 valence electrons. The molecule has 1 heterocycles. The van der Waals surface area contributed by atoms with Gasteiger partial charge < -0.3 is 9.31 Å². The lowest BCUT2D eigenvalue weighted by molar-refractivity contribution is 0.00578. The van der Waals surface area contributed by atoms with Gasteiger partial charge in [0.1, 0.15) is 0 Å². The molecular weight excluding hydrogens is 315 g/mol. The second-order valence-electron chi connectivity index (χ2n) is 6.37. The van der Waals surface area contributed by atoms with E-state index in [0.717, 1.165) is 22.8 Å². The van der Waals surface area contributed by atoms with Crippen molar-refractivity contribution in [3.63, 3.8) is 0 Å². The minimum absolute atomic E-state index is 0.293. The van der Waals surface area contributed by atoms with Crippen molar-refractivity contribution < 1.29 is 9.31 Å². The molecule has 0 spiro atoms. The van der Waals surface area contributed by atoms with Crippen LogP contribution in [0.3, 0.4) is 0 Å². The maximum absolute atomic E-state index is 6.00. The minimum Gasteiger partial charge on any atom is -0.400 e. The lowest BCUT2D eigenvalue weighted by atomic mass is 9.76. The average molecular weight is 337 g/mol. The maximum atomic E-state index is 6.00. The molecule has 0 aromatic heterocycles. The van der Waals surface area contributed by atoms with E-state index in [0.29, 0.717) is 0 Å². The maximum Gasteiger partial charge on any atom is 0.489 e. The highest BCUT2D eigenvalue weighted by molar-refractivity contribution is 9.10. The van der Waals surface area contributed by atoms with E-state index in [4.69, 9.17) is 9.31 Å². The van der Waals surface area contributed by atoms with Gasteiger partial charge in [-0.05, 0) is 63.7 Å². The van der Waals surface area contributed by atoms with E-state index in [-0.39, 0.29) is 18.3 Å². The molecule has 1 fully saturated rings. The van der Waals surface area contributed by atoms with E-state index in [2.05, 4.69) is 74.5 Å².